The molecule has 0 amide bonds. The van der Waals surface area contributed by atoms with E-state index in [-0.39, 0.29) is 0 Å². The quantitative estimate of drug-likeness (QED) is 0.929. The van der Waals surface area contributed by atoms with Gasteiger partial charge in [-0.1, -0.05) is 36.4 Å². The fourth-order valence-electron chi connectivity index (χ4n) is 2.96. The Hall–Kier alpha value is -2.00. The topological polar surface area (TPSA) is 30.5 Å². The van der Waals surface area contributed by atoms with E-state index in [1.54, 1.807) is 14.2 Å². The van der Waals surface area contributed by atoms with Crippen LogP contribution in [0, 0.1) is 0 Å². The van der Waals surface area contributed by atoms with Gasteiger partial charge in [-0.15, -0.1) is 0 Å². The monoisotopic (exact) mass is 269 g/mol. The summed E-state index contributed by atoms with van der Waals surface area (Å²) in [6, 6.07) is 14.7. The van der Waals surface area contributed by atoms with Gasteiger partial charge in [-0.3, -0.25) is 0 Å². The summed E-state index contributed by atoms with van der Waals surface area (Å²) in [6.07, 6.45) is 0. The minimum Gasteiger partial charge on any atom is -0.493 e. The maximum Gasteiger partial charge on any atom is 0.164 e. The number of ether oxygens (including phenoxy) is 2. The van der Waals surface area contributed by atoms with Crippen molar-refractivity contribution >= 4 is 0 Å². The minimum atomic E-state index is 0.296. The summed E-state index contributed by atoms with van der Waals surface area (Å²) in [7, 11) is 3.37. The first kappa shape index (κ1) is 13.0. The number of para-hydroxylation sites is 1. The molecule has 1 heterocycles. The van der Waals surface area contributed by atoms with Crippen molar-refractivity contribution in [3.8, 4) is 11.5 Å². The highest BCUT2D eigenvalue weighted by Gasteiger charge is 2.25. The van der Waals surface area contributed by atoms with Crippen LogP contribution in [0.5, 0.6) is 11.5 Å². The van der Waals surface area contributed by atoms with E-state index >= 15 is 0 Å². The highest BCUT2D eigenvalue weighted by Crippen LogP contribution is 2.39. The first-order valence-electron chi connectivity index (χ1n) is 6.84. The second-order valence-corrected chi connectivity index (χ2v) is 4.97. The van der Waals surface area contributed by atoms with Gasteiger partial charge in [0.1, 0.15) is 0 Å². The van der Waals surface area contributed by atoms with Gasteiger partial charge in [-0.25, -0.2) is 0 Å². The van der Waals surface area contributed by atoms with Crippen molar-refractivity contribution in [2.75, 3.05) is 20.8 Å². The molecule has 3 rings (SSSR count). The molecule has 0 bridgehead atoms. The normalized spacial score (nSPS) is 17.4. The molecule has 3 heteroatoms. The molecule has 1 aliphatic rings. The molecular weight excluding hydrogens is 250 g/mol. The van der Waals surface area contributed by atoms with Gasteiger partial charge in [0.2, 0.25) is 0 Å². The summed E-state index contributed by atoms with van der Waals surface area (Å²) in [5.74, 6) is 1.91. The van der Waals surface area contributed by atoms with E-state index in [0.717, 1.165) is 24.6 Å². The molecule has 0 saturated carbocycles. The Morgan fingerprint density at radius 1 is 0.950 bits per heavy atom. The zero-order chi connectivity index (χ0) is 13.9. The van der Waals surface area contributed by atoms with E-state index in [1.807, 2.05) is 12.1 Å². The van der Waals surface area contributed by atoms with Crippen LogP contribution in [0.4, 0.5) is 0 Å². The summed E-state index contributed by atoms with van der Waals surface area (Å²) >= 11 is 0. The molecule has 0 fully saturated rings. The predicted molar refractivity (Wildman–Crippen MR) is 79.5 cm³/mol. The lowest BCUT2D eigenvalue weighted by Gasteiger charge is -2.28. The fourth-order valence-corrected chi connectivity index (χ4v) is 2.96. The van der Waals surface area contributed by atoms with Crippen LogP contribution in [0.15, 0.2) is 42.5 Å². The van der Waals surface area contributed by atoms with Gasteiger partial charge < -0.3 is 14.8 Å². The van der Waals surface area contributed by atoms with Gasteiger partial charge in [0.25, 0.3) is 0 Å². The first-order chi connectivity index (χ1) is 9.85. The summed E-state index contributed by atoms with van der Waals surface area (Å²) in [6.45, 7) is 1.85. The summed E-state index contributed by atoms with van der Waals surface area (Å²) in [4.78, 5) is 0. The van der Waals surface area contributed by atoms with E-state index in [2.05, 4.69) is 35.6 Å². The van der Waals surface area contributed by atoms with Crippen LogP contribution in [0.2, 0.25) is 0 Å². The number of fused-ring (bicyclic) bond motifs is 1. The fraction of sp³-hybridized carbons (Fsp3) is 0.294. The molecule has 0 spiro atoms. The van der Waals surface area contributed by atoms with E-state index in [4.69, 9.17) is 9.47 Å². The van der Waals surface area contributed by atoms with Crippen molar-refractivity contribution in [2.24, 2.45) is 0 Å². The largest absolute Gasteiger partial charge is 0.493 e. The highest BCUT2D eigenvalue weighted by atomic mass is 16.5. The van der Waals surface area contributed by atoms with E-state index in [1.165, 1.54) is 16.7 Å². The molecular formula is C17H19NO2. The summed E-state index contributed by atoms with van der Waals surface area (Å²) < 4.78 is 11.0. The number of rotatable bonds is 3. The van der Waals surface area contributed by atoms with Crippen molar-refractivity contribution in [1.82, 2.24) is 5.32 Å². The van der Waals surface area contributed by atoms with Crippen molar-refractivity contribution in [3.05, 3.63) is 59.2 Å². The van der Waals surface area contributed by atoms with Gasteiger partial charge in [-0.2, -0.15) is 0 Å². The van der Waals surface area contributed by atoms with Crippen molar-refractivity contribution in [1.29, 1.82) is 0 Å². The number of benzene rings is 2. The predicted octanol–water partition coefficient (Wildman–Crippen LogP) is 2.94. The Bertz CT molecular complexity index is 610. The smallest absolute Gasteiger partial charge is 0.164 e. The van der Waals surface area contributed by atoms with Crippen LogP contribution in [0.25, 0.3) is 0 Å². The third kappa shape index (κ3) is 2.14. The minimum absolute atomic E-state index is 0.296. The molecule has 1 atom stereocenters. The van der Waals surface area contributed by atoms with Crippen molar-refractivity contribution in [2.45, 2.75) is 12.5 Å². The third-order valence-corrected chi connectivity index (χ3v) is 3.90. The van der Waals surface area contributed by atoms with E-state index in [0.29, 0.717) is 5.92 Å². The molecule has 104 valence electrons. The molecule has 20 heavy (non-hydrogen) atoms. The molecule has 2 aromatic carbocycles. The Morgan fingerprint density at radius 2 is 1.75 bits per heavy atom. The van der Waals surface area contributed by atoms with Crippen LogP contribution < -0.4 is 14.8 Å². The standard InChI is InChI=1S/C17H19NO2/c1-19-16-9-5-8-14(17(16)20-2)15-11-18-10-12-6-3-4-7-13(12)15/h3-9,15,18H,10-11H2,1-2H3. The second kappa shape index (κ2) is 5.55. The average molecular weight is 269 g/mol. The van der Waals surface area contributed by atoms with Crippen LogP contribution >= 0.6 is 0 Å². The third-order valence-electron chi connectivity index (χ3n) is 3.90. The van der Waals surface area contributed by atoms with Crippen molar-refractivity contribution in [3.63, 3.8) is 0 Å². The van der Waals surface area contributed by atoms with Gasteiger partial charge in [0.05, 0.1) is 14.2 Å². The molecule has 0 aromatic heterocycles. The Morgan fingerprint density at radius 3 is 2.55 bits per heavy atom. The van der Waals surface area contributed by atoms with Gasteiger partial charge in [0, 0.05) is 24.6 Å². The Kier molecular flexibility index (Phi) is 3.61. The average Bonchev–Trinajstić information content (AvgIpc) is 2.53. The zero-order valence-corrected chi connectivity index (χ0v) is 11.8. The molecule has 1 unspecified atom stereocenters. The molecule has 1 aliphatic heterocycles. The lowest BCUT2D eigenvalue weighted by Crippen LogP contribution is -2.29. The van der Waals surface area contributed by atoms with Gasteiger partial charge in [-0.05, 0) is 17.2 Å². The van der Waals surface area contributed by atoms with Crippen molar-refractivity contribution < 1.29 is 9.47 Å². The SMILES string of the molecule is COc1cccc(C2CNCc3ccccc32)c1OC. The number of methoxy groups -OCH3 is 2. The maximum absolute atomic E-state index is 5.58. The molecule has 0 aliphatic carbocycles. The van der Waals surface area contributed by atoms with Crippen LogP contribution in [0.3, 0.4) is 0 Å². The van der Waals surface area contributed by atoms with Gasteiger partial charge >= 0.3 is 0 Å². The second-order valence-electron chi connectivity index (χ2n) is 4.97. The lowest BCUT2D eigenvalue weighted by molar-refractivity contribution is 0.349. The maximum atomic E-state index is 5.58. The molecule has 1 N–H and O–H groups in total. The lowest BCUT2D eigenvalue weighted by atomic mass is 9.85. The molecule has 0 saturated heterocycles. The molecule has 3 nitrogen and oxygen atoms in total. The van der Waals surface area contributed by atoms with Crippen LogP contribution in [-0.2, 0) is 6.54 Å². The highest BCUT2D eigenvalue weighted by molar-refractivity contribution is 5.52. The summed E-state index contributed by atoms with van der Waals surface area (Å²) in [5, 5.41) is 3.48. The van der Waals surface area contributed by atoms with Gasteiger partial charge in [0.15, 0.2) is 11.5 Å². The Labute approximate surface area is 119 Å². The zero-order valence-electron chi connectivity index (χ0n) is 11.8. The van der Waals surface area contributed by atoms with Crippen LogP contribution in [0.1, 0.15) is 22.6 Å². The Balaban J connectivity index is 2.11. The molecule has 2 aromatic rings. The van der Waals surface area contributed by atoms with E-state index < -0.39 is 0 Å². The first-order valence-corrected chi connectivity index (χ1v) is 6.84. The number of hydrogen-bond donors (Lipinski definition) is 1. The van der Waals surface area contributed by atoms with Crippen LogP contribution in [-0.4, -0.2) is 20.8 Å². The van der Waals surface area contributed by atoms with E-state index in [9.17, 15) is 0 Å². The number of nitrogens with one attached hydrogen (secondary N) is 1. The summed E-state index contributed by atoms with van der Waals surface area (Å²) in [5.41, 5.74) is 3.90. The number of hydrogen-bond acceptors (Lipinski definition) is 3. The molecule has 0 radical (unpaired) electrons.